The van der Waals surface area contributed by atoms with Crippen molar-refractivity contribution in [3.63, 3.8) is 0 Å². The van der Waals surface area contributed by atoms with E-state index in [2.05, 4.69) is 65.3 Å². The molecule has 3 aromatic carbocycles. The summed E-state index contributed by atoms with van der Waals surface area (Å²) in [5.74, 6) is -0.190. The first-order chi connectivity index (χ1) is 14.6. The van der Waals surface area contributed by atoms with Crippen molar-refractivity contribution >= 4 is 5.69 Å². The monoisotopic (exact) mass is 400 g/mol. The Hall–Kier alpha value is -2.65. The molecule has 154 valence electrons. The van der Waals surface area contributed by atoms with E-state index in [0.717, 1.165) is 37.3 Å². The van der Waals surface area contributed by atoms with E-state index in [0.29, 0.717) is 5.41 Å². The number of hydrogen-bond donors (Lipinski definition) is 0. The van der Waals surface area contributed by atoms with Gasteiger partial charge in [-0.05, 0) is 66.3 Å². The van der Waals surface area contributed by atoms with Crippen LogP contribution in [-0.4, -0.2) is 37.6 Å². The molecule has 2 nitrogen and oxygen atoms in total. The molecular weight excluding hydrogens is 371 g/mol. The largest absolute Gasteiger partial charge is 0.369 e. The summed E-state index contributed by atoms with van der Waals surface area (Å²) >= 11 is 0. The molecule has 0 atom stereocenters. The molecule has 1 aliphatic heterocycles. The standard InChI is InChI=1S/C27H29FN2/c1-21-19-23(22-7-10-25(28)11-8-22)9-12-26(21)30-17-15-29(16-18-30)20-27(13-14-27)24-5-3-2-4-6-24/h2-12,19H,13-18,20H2,1H3. The Kier molecular flexibility index (Phi) is 5.08. The molecule has 0 spiro atoms. The molecule has 0 unspecified atom stereocenters. The van der Waals surface area contributed by atoms with Crippen LogP contribution in [0.15, 0.2) is 72.8 Å². The first kappa shape index (κ1) is 19.3. The third-order valence-electron chi connectivity index (χ3n) is 6.85. The second-order valence-corrected chi connectivity index (χ2v) is 8.92. The van der Waals surface area contributed by atoms with Crippen molar-refractivity contribution in [2.45, 2.75) is 25.2 Å². The van der Waals surface area contributed by atoms with Gasteiger partial charge in [0.1, 0.15) is 5.82 Å². The minimum absolute atomic E-state index is 0.190. The number of rotatable bonds is 5. The molecule has 1 heterocycles. The number of hydrogen-bond acceptors (Lipinski definition) is 2. The molecule has 0 radical (unpaired) electrons. The van der Waals surface area contributed by atoms with E-state index in [-0.39, 0.29) is 5.82 Å². The van der Waals surface area contributed by atoms with Crippen molar-refractivity contribution in [3.05, 3.63) is 89.7 Å². The Morgan fingerprint density at radius 2 is 1.47 bits per heavy atom. The summed E-state index contributed by atoms with van der Waals surface area (Å²) in [7, 11) is 0. The highest BCUT2D eigenvalue weighted by atomic mass is 19.1. The summed E-state index contributed by atoms with van der Waals surface area (Å²) in [6.45, 7) is 7.75. The number of piperazine rings is 1. The highest BCUT2D eigenvalue weighted by Crippen LogP contribution is 2.48. The Balaban J connectivity index is 1.23. The molecule has 2 aliphatic rings. The minimum atomic E-state index is -0.190. The van der Waals surface area contributed by atoms with Crippen LogP contribution in [0.3, 0.4) is 0 Å². The maximum Gasteiger partial charge on any atom is 0.123 e. The molecular formula is C27H29FN2. The van der Waals surface area contributed by atoms with Gasteiger partial charge in [0.05, 0.1) is 0 Å². The molecule has 0 N–H and O–H groups in total. The SMILES string of the molecule is Cc1cc(-c2ccc(F)cc2)ccc1N1CCN(CC2(c3ccccc3)CC2)CC1. The molecule has 1 aliphatic carbocycles. The van der Waals surface area contributed by atoms with Crippen molar-refractivity contribution in [3.8, 4) is 11.1 Å². The minimum Gasteiger partial charge on any atom is -0.369 e. The molecule has 1 saturated carbocycles. The van der Waals surface area contributed by atoms with Gasteiger partial charge in [-0.15, -0.1) is 0 Å². The Bertz CT molecular complexity index is 1000. The van der Waals surface area contributed by atoms with E-state index >= 15 is 0 Å². The predicted molar refractivity (Wildman–Crippen MR) is 123 cm³/mol. The van der Waals surface area contributed by atoms with Crippen LogP contribution in [0.25, 0.3) is 11.1 Å². The number of halogens is 1. The fourth-order valence-electron chi connectivity index (χ4n) is 4.89. The molecule has 3 aromatic rings. The van der Waals surface area contributed by atoms with Crippen molar-refractivity contribution in [1.82, 2.24) is 4.90 Å². The van der Waals surface area contributed by atoms with E-state index < -0.39 is 0 Å². The third kappa shape index (κ3) is 3.87. The highest BCUT2D eigenvalue weighted by molar-refractivity contribution is 5.69. The number of benzene rings is 3. The molecule has 3 heteroatoms. The fourth-order valence-corrected chi connectivity index (χ4v) is 4.89. The maximum absolute atomic E-state index is 13.2. The quantitative estimate of drug-likeness (QED) is 0.546. The van der Waals surface area contributed by atoms with Crippen LogP contribution in [0, 0.1) is 12.7 Å². The third-order valence-corrected chi connectivity index (χ3v) is 6.85. The molecule has 0 bridgehead atoms. The van der Waals surface area contributed by atoms with Gasteiger partial charge in [-0.3, -0.25) is 4.90 Å². The van der Waals surface area contributed by atoms with Crippen LogP contribution in [0.5, 0.6) is 0 Å². The molecule has 30 heavy (non-hydrogen) atoms. The van der Waals surface area contributed by atoms with Gasteiger partial charge in [0, 0.05) is 43.8 Å². The summed E-state index contributed by atoms with van der Waals surface area (Å²) in [4.78, 5) is 5.17. The molecule has 1 saturated heterocycles. The Labute approximate surface area is 179 Å². The first-order valence-corrected chi connectivity index (χ1v) is 11.0. The fraction of sp³-hybridized carbons (Fsp3) is 0.333. The van der Waals surface area contributed by atoms with Gasteiger partial charge >= 0.3 is 0 Å². The van der Waals surface area contributed by atoms with E-state index in [1.165, 1.54) is 48.3 Å². The zero-order valence-electron chi connectivity index (χ0n) is 17.7. The van der Waals surface area contributed by atoms with E-state index in [4.69, 9.17) is 0 Å². The number of nitrogens with zero attached hydrogens (tertiary/aromatic N) is 2. The van der Waals surface area contributed by atoms with Crippen LogP contribution >= 0.6 is 0 Å². The maximum atomic E-state index is 13.2. The average Bonchev–Trinajstić information content (AvgIpc) is 3.56. The lowest BCUT2D eigenvalue weighted by Crippen LogP contribution is -2.48. The van der Waals surface area contributed by atoms with Gasteiger partial charge in [0.2, 0.25) is 0 Å². The Morgan fingerprint density at radius 3 is 2.10 bits per heavy atom. The van der Waals surface area contributed by atoms with Crippen molar-refractivity contribution in [2.24, 2.45) is 0 Å². The highest BCUT2D eigenvalue weighted by Gasteiger charge is 2.45. The van der Waals surface area contributed by atoms with Crippen LogP contribution < -0.4 is 4.90 Å². The van der Waals surface area contributed by atoms with Gasteiger partial charge < -0.3 is 4.90 Å². The van der Waals surface area contributed by atoms with Crippen LogP contribution in [0.4, 0.5) is 10.1 Å². The zero-order chi connectivity index (χ0) is 20.6. The smallest absolute Gasteiger partial charge is 0.123 e. The molecule has 0 amide bonds. The summed E-state index contributed by atoms with van der Waals surface area (Å²) in [5.41, 5.74) is 6.73. The lowest BCUT2D eigenvalue weighted by Gasteiger charge is -2.38. The van der Waals surface area contributed by atoms with Crippen LogP contribution in [-0.2, 0) is 5.41 Å². The second kappa shape index (κ2) is 7.88. The summed E-state index contributed by atoms with van der Waals surface area (Å²) in [5, 5.41) is 0. The van der Waals surface area contributed by atoms with E-state index in [1.807, 2.05) is 12.1 Å². The van der Waals surface area contributed by atoms with Gasteiger partial charge in [-0.1, -0.05) is 48.5 Å². The predicted octanol–water partition coefficient (Wildman–Crippen LogP) is 5.65. The van der Waals surface area contributed by atoms with Gasteiger partial charge in [0.25, 0.3) is 0 Å². The zero-order valence-corrected chi connectivity index (χ0v) is 17.7. The topological polar surface area (TPSA) is 6.48 Å². The van der Waals surface area contributed by atoms with Gasteiger partial charge in [0.15, 0.2) is 0 Å². The van der Waals surface area contributed by atoms with E-state index in [9.17, 15) is 4.39 Å². The second-order valence-electron chi connectivity index (χ2n) is 8.92. The molecule has 5 rings (SSSR count). The summed E-state index contributed by atoms with van der Waals surface area (Å²) < 4.78 is 13.2. The van der Waals surface area contributed by atoms with Crippen molar-refractivity contribution < 1.29 is 4.39 Å². The summed E-state index contributed by atoms with van der Waals surface area (Å²) in [6, 6.07) is 24.4. The lowest BCUT2D eigenvalue weighted by molar-refractivity contribution is 0.235. The van der Waals surface area contributed by atoms with E-state index in [1.54, 1.807) is 0 Å². The normalized spacial score (nSPS) is 18.4. The molecule has 0 aromatic heterocycles. The van der Waals surface area contributed by atoms with Crippen molar-refractivity contribution in [1.29, 1.82) is 0 Å². The average molecular weight is 401 g/mol. The van der Waals surface area contributed by atoms with Crippen LogP contribution in [0.1, 0.15) is 24.0 Å². The number of aryl methyl sites for hydroxylation is 1. The lowest BCUT2D eigenvalue weighted by atomic mass is 9.95. The Morgan fingerprint density at radius 1 is 0.800 bits per heavy atom. The van der Waals surface area contributed by atoms with Crippen LogP contribution in [0.2, 0.25) is 0 Å². The van der Waals surface area contributed by atoms with Gasteiger partial charge in [-0.2, -0.15) is 0 Å². The first-order valence-electron chi connectivity index (χ1n) is 11.0. The van der Waals surface area contributed by atoms with Gasteiger partial charge in [-0.25, -0.2) is 4.39 Å². The number of anilines is 1. The van der Waals surface area contributed by atoms with Crippen molar-refractivity contribution in [2.75, 3.05) is 37.6 Å². The summed E-state index contributed by atoms with van der Waals surface area (Å²) in [6.07, 6.45) is 2.64. The molecule has 2 fully saturated rings.